The minimum absolute atomic E-state index is 0.0348. The van der Waals surface area contributed by atoms with E-state index in [1.807, 2.05) is 23.3 Å². The van der Waals surface area contributed by atoms with E-state index in [2.05, 4.69) is 17.1 Å². The number of hydroxylamine groups is 1. The van der Waals surface area contributed by atoms with E-state index < -0.39 is 0 Å². The fraction of sp³-hybridized carbons (Fsp3) is 0.429. The van der Waals surface area contributed by atoms with Crippen molar-refractivity contribution in [1.82, 2.24) is 4.98 Å². The number of carbonyl (C=O) groups excluding carboxylic acids is 1. The van der Waals surface area contributed by atoms with Crippen LogP contribution in [0.5, 0.6) is 0 Å². The van der Waals surface area contributed by atoms with Crippen LogP contribution in [0.1, 0.15) is 13.3 Å². The molecule has 0 saturated carbocycles. The van der Waals surface area contributed by atoms with Crippen molar-refractivity contribution in [2.75, 3.05) is 11.7 Å². The lowest BCUT2D eigenvalue weighted by molar-refractivity contribution is -0.144. The van der Waals surface area contributed by atoms with Gasteiger partial charge in [0.25, 0.3) is 0 Å². The second-order valence-corrected chi connectivity index (χ2v) is 4.83. The van der Waals surface area contributed by atoms with Crippen LogP contribution in [0.25, 0.3) is 0 Å². The zero-order valence-corrected chi connectivity index (χ0v) is 10.7. The average molecular weight is 260 g/mol. The number of rotatable bonds is 3. The lowest BCUT2D eigenvalue weighted by atomic mass is 9.86. The van der Waals surface area contributed by atoms with Gasteiger partial charge in [-0.25, -0.2) is 10.0 Å². The molecule has 0 aromatic carbocycles. The quantitative estimate of drug-likeness (QED) is 0.611. The summed E-state index contributed by atoms with van der Waals surface area (Å²) in [6.45, 7) is 1.86. The van der Waals surface area contributed by atoms with Crippen molar-refractivity contribution in [2.45, 2.75) is 25.5 Å². The van der Waals surface area contributed by atoms with Gasteiger partial charge in [-0.2, -0.15) is 0 Å². The molecule has 3 heterocycles. The standard InChI is InChI=1S/C14H16N2O3/c1-10(17)18-9-11-8-12-5-6-13(11)16(19-12)14-4-2-3-7-15-14/h2-7,11-13H,8-9H2,1H3/t11-,12-,13+/m1/s1. The number of nitrogens with zero attached hydrogens (tertiary/aromatic N) is 2. The van der Waals surface area contributed by atoms with Gasteiger partial charge < -0.3 is 4.74 Å². The van der Waals surface area contributed by atoms with Crippen molar-refractivity contribution in [1.29, 1.82) is 0 Å². The van der Waals surface area contributed by atoms with Gasteiger partial charge in [0.05, 0.1) is 12.6 Å². The number of anilines is 1. The third-order valence-electron chi connectivity index (χ3n) is 3.44. The molecule has 2 bridgehead atoms. The third-order valence-corrected chi connectivity index (χ3v) is 3.44. The molecule has 0 radical (unpaired) electrons. The Bertz CT molecular complexity index is 489. The molecular weight excluding hydrogens is 244 g/mol. The van der Waals surface area contributed by atoms with Crippen LogP contribution in [0.4, 0.5) is 5.82 Å². The molecule has 2 aliphatic heterocycles. The monoisotopic (exact) mass is 260 g/mol. The Morgan fingerprint density at radius 1 is 1.53 bits per heavy atom. The largest absolute Gasteiger partial charge is 0.465 e. The highest BCUT2D eigenvalue weighted by atomic mass is 16.7. The predicted octanol–water partition coefficient (Wildman–Crippen LogP) is 1.71. The number of aromatic nitrogens is 1. The van der Waals surface area contributed by atoms with Crippen LogP contribution in [0, 0.1) is 5.92 Å². The molecule has 0 spiro atoms. The van der Waals surface area contributed by atoms with Crippen LogP contribution in [-0.4, -0.2) is 29.7 Å². The van der Waals surface area contributed by atoms with Crippen molar-refractivity contribution in [3.63, 3.8) is 0 Å². The maximum Gasteiger partial charge on any atom is 0.302 e. The van der Waals surface area contributed by atoms with Gasteiger partial charge in [-0.05, 0) is 18.6 Å². The first-order valence-electron chi connectivity index (χ1n) is 6.43. The van der Waals surface area contributed by atoms with E-state index in [0.717, 1.165) is 12.2 Å². The number of hydrogen-bond donors (Lipinski definition) is 0. The lowest BCUT2D eigenvalue weighted by Gasteiger charge is -2.45. The van der Waals surface area contributed by atoms with Gasteiger partial charge in [0.1, 0.15) is 6.10 Å². The smallest absolute Gasteiger partial charge is 0.302 e. The molecule has 0 N–H and O–H groups in total. The van der Waals surface area contributed by atoms with Gasteiger partial charge in [0.15, 0.2) is 5.82 Å². The molecule has 100 valence electrons. The normalized spacial score (nSPS) is 28.5. The topological polar surface area (TPSA) is 51.7 Å². The molecular formula is C14H16N2O3. The molecule has 0 unspecified atom stereocenters. The molecule has 1 aromatic rings. The minimum Gasteiger partial charge on any atom is -0.465 e. The molecule has 1 saturated heterocycles. The molecule has 4 rings (SSSR count). The zero-order chi connectivity index (χ0) is 13.2. The SMILES string of the molecule is CC(=O)OC[C@H]1C[C@H]2C=C[C@@H]1N(c1ccccn1)O2. The van der Waals surface area contributed by atoms with Crippen LogP contribution in [0.3, 0.4) is 0 Å². The number of carbonyl (C=O) groups is 1. The summed E-state index contributed by atoms with van der Waals surface area (Å²) >= 11 is 0. The number of esters is 1. The molecule has 1 aliphatic carbocycles. The second kappa shape index (κ2) is 5.01. The van der Waals surface area contributed by atoms with Crippen LogP contribution in [0.15, 0.2) is 36.5 Å². The summed E-state index contributed by atoms with van der Waals surface area (Å²) in [6, 6.07) is 5.79. The van der Waals surface area contributed by atoms with Crippen LogP contribution < -0.4 is 5.06 Å². The Morgan fingerprint density at radius 2 is 2.42 bits per heavy atom. The van der Waals surface area contributed by atoms with Crippen LogP contribution >= 0.6 is 0 Å². The van der Waals surface area contributed by atoms with Crippen LogP contribution in [0.2, 0.25) is 0 Å². The summed E-state index contributed by atoms with van der Waals surface area (Å²) in [7, 11) is 0. The summed E-state index contributed by atoms with van der Waals surface area (Å²) in [5.74, 6) is 0.791. The van der Waals surface area contributed by atoms with Gasteiger partial charge in [0, 0.05) is 19.0 Å². The maximum atomic E-state index is 10.9. The van der Waals surface area contributed by atoms with Crippen molar-refractivity contribution in [2.24, 2.45) is 5.92 Å². The van der Waals surface area contributed by atoms with Gasteiger partial charge in [-0.15, -0.1) is 0 Å². The lowest BCUT2D eigenvalue weighted by Crippen LogP contribution is -2.52. The summed E-state index contributed by atoms with van der Waals surface area (Å²) in [5.41, 5.74) is 0. The molecule has 0 amide bonds. The number of hydrogen-bond acceptors (Lipinski definition) is 5. The van der Waals surface area contributed by atoms with Crippen molar-refractivity contribution < 1.29 is 14.4 Å². The highest BCUT2D eigenvalue weighted by Crippen LogP contribution is 2.35. The number of ether oxygens (including phenoxy) is 1. The van der Waals surface area contributed by atoms with Gasteiger partial charge in [-0.3, -0.25) is 9.63 Å². The first-order valence-corrected chi connectivity index (χ1v) is 6.43. The third kappa shape index (κ3) is 2.46. The van der Waals surface area contributed by atoms with Gasteiger partial charge in [-0.1, -0.05) is 18.2 Å². The van der Waals surface area contributed by atoms with E-state index in [9.17, 15) is 4.79 Å². The molecule has 19 heavy (non-hydrogen) atoms. The Morgan fingerprint density at radius 3 is 3.11 bits per heavy atom. The summed E-state index contributed by atoms with van der Waals surface area (Å²) in [6.07, 6.45) is 6.82. The van der Waals surface area contributed by atoms with Gasteiger partial charge >= 0.3 is 5.97 Å². The van der Waals surface area contributed by atoms with Crippen molar-refractivity contribution >= 4 is 11.8 Å². The first-order chi connectivity index (χ1) is 9.24. The van der Waals surface area contributed by atoms with E-state index in [0.29, 0.717) is 6.61 Å². The Hall–Kier alpha value is -1.88. The molecule has 1 aromatic heterocycles. The Labute approximate surface area is 111 Å². The zero-order valence-electron chi connectivity index (χ0n) is 10.7. The molecule has 5 heteroatoms. The molecule has 5 nitrogen and oxygen atoms in total. The fourth-order valence-electron chi connectivity index (χ4n) is 2.56. The Balaban J connectivity index is 1.77. The van der Waals surface area contributed by atoms with Crippen LogP contribution in [-0.2, 0) is 14.4 Å². The second-order valence-electron chi connectivity index (χ2n) is 4.83. The van der Waals surface area contributed by atoms with Crippen molar-refractivity contribution in [3.8, 4) is 0 Å². The average Bonchev–Trinajstić information content (AvgIpc) is 2.46. The highest BCUT2D eigenvalue weighted by Gasteiger charge is 2.40. The highest BCUT2D eigenvalue weighted by molar-refractivity contribution is 5.65. The summed E-state index contributed by atoms with van der Waals surface area (Å²) in [5, 5.41) is 1.82. The molecule has 3 atom stereocenters. The number of pyridine rings is 1. The minimum atomic E-state index is -0.240. The maximum absolute atomic E-state index is 10.9. The summed E-state index contributed by atoms with van der Waals surface area (Å²) < 4.78 is 5.14. The van der Waals surface area contributed by atoms with E-state index in [1.165, 1.54) is 6.92 Å². The van der Waals surface area contributed by atoms with Gasteiger partial charge in [0.2, 0.25) is 0 Å². The van der Waals surface area contributed by atoms with E-state index >= 15 is 0 Å². The van der Waals surface area contributed by atoms with Crippen molar-refractivity contribution in [3.05, 3.63) is 36.5 Å². The number of fused-ring (bicyclic) bond motifs is 2. The first kappa shape index (κ1) is 12.2. The summed E-state index contributed by atoms with van der Waals surface area (Å²) in [4.78, 5) is 21.1. The fourth-order valence-corrected chi connectivity index (χ4v) is 2.56. The molecule has 1 fully saturated rings. The predicted molar refractivity (Wildman–Crippen MR) is 69.3 cm³/mol. The van der Waals surface area contributed by atoms with E-state index in [1.54, 1.807) is 6.20 Å². The molecule has 3 aliphatic rings. The van der Waals surface area contributed by atoms with E-state index in [4.69, 9.17) is 9.57 Å². The van der Waals surface area contributed by atoms with E-state index in [-0.39, 0.29) is 24.0 Å². The Kier molecular flexibility index (Phi) is 3.21.